The van der Waals surface area contributed by atoms with E-state index in [0.717, 1.165) is 42.5 Å². The second-order valence-corrected chi connectivity index (χ2v) is 9.66. The predicted octanol–water partition coefficient (Wildman–Crippen LogP) is 7.06. The number of hydrogen-bond acceptors (Lipinski definition) is 4. The molecular weight excluding hydrogens is 444 g/mol. The molecule has 1 aromatic carbocycles. The monoisotopic (exact) mass is 477 g/mol. The van der Waals surface area contributed by atoms with Gasteiger partial charge in [-0.15, -0.1) is 5.10 Å². The summed E-state index contributed by atoms with van der Waals surface area (Å²) >= 11 is 0. The molecule has 0 unspecified atom stereocenters. The number of allylic oxidation sites excluding steroid dienone is 1. The molecule has 4 rings (SSSR count). The topological polar surface area (TPSA) is 46.8 Å². The lowest BCUT2D eigenvalue weighted by atomic mass is 9.83. The molecule has 0 amide bonds. The van der Waals surface area contributed by atoms with Crippen LogP contribution in [-0.4, -0.2) is 19.7 Å². The van der Waals surface area contributed by atoms with Crippen molar-refractivity contribution in [2.45, 2.75) is 65.8 Å². The van der Waals surface area contributed by atoms with Crippen LogP contribution in [0.5, 0.6) is 0 Å². The molecule has 184 valence electrons. The standard InChI is InChI=1S/C28H33F2N5/c1-7-23-25(34(8-2)16-18(3)4)14-13-24(31-23)26-32-27-21(15-19(5)17-35(27)33-26)20-11-9-10-12-22(20)28(6,29)30/h8-14,16,19,21H,2,7,15,17H2,1,3-6H3/t19-,21-/m1/s1. The van der Waals surface area contributed by atoms with Crippen molar-refractivity contribution < 1.29 is 8.78 Å². The van der Waals surface area contributed by atoms with Gasteiger partial charge in [0.1, 0.15) is 11.5 Å². The zero-order chi connectivity index (χ0) is 25.3. The van der Waals surface area contributed by atoms with Crippen molar-refractivity contribution in [3.05, 3.63) is 83.6 Å². The summed E-state index contributed by atoms with van der Waals surface area (Å²) < 4.78 is 30.8. The Hall–Kier alpha value is -3.35. The fourth-order valence-corrected chi connectivity index (χ4v) is 4.81. The van der Waals surface area contributed by atoms with E-state index < -0.39 is 5.92 Å². The van der Waals surface area contributed by atoms with Crippen LogP contribution >= 0.6 is 0 Å². The van der Waals surface area contributed by atoms with Crippen LogP contribution in [-0.2, 0) is 18.9 Å². The Labute approximate surface area is 206 Å². The average molecular weight is 478 g/mol. The summed E-state index contributed by atoms with van der Waals surface area (Å²) in [5, 5.41) is 4.77. The molecule has 2 atom stereocenters. The highest BCUT2D eigenvalue weighted by Gasteiger charge is 2.35. The van der Waals surface area contributed by atoms with Crippen LogP contribution in [0.25, 0.3) is 11.5 Å². The molecule has 1 aliphatic heterocycles. The molecule has 1 aliphatic rings. The molecule has 3 heterocycles. The van der Waals surface area contributed by atoms with Gasteiger partial charge in [-0.05, 0) is 50.3 Å². The van der Waals surface area contributed by atoms with Crippen LogP contribution < -0.4 is 4.90 Å². The quantitative estimate of drug-likeness (QED) is 0.365. The first-order valence-corrected chi connectivity index (χ1v) is 12.1. The van der Waals surface area contributed by atoms with Gasteiger partial charge in [-0.2, -0.15) is 0 Å². The Morgan fingerprint density at radius 1 is 1.20 bits per heavy atom. The van der Waals surface area contributed by atoms with Gasteiger partial charge in [0.25, 0.3) is 5.92 Å². The molecule has 7 heteroatoms. The maximum absolute atomic E-state index is 14.4. The van der Waals surface area contributed by atoms with E-state index >= 15 is 0 Å². The van der Waals surface area contributed by atoms with E-state index in [2.05, 4.69) is 20.4 Å². The van der Waals surface area contributed by atoms with Gasteiger partial charge in [0.05, 0.1) is 11.4 Å². The largest absolute Gasteiger partial charge is 0.323 e. The minimum absolute atomic E-state index is 0.0507. The maximum Gasteiger partial charge on any atom is 0.270 e. The minimum Gasteiger partial charge on any atom is -0.323 e. The summed E-state index contributed by atoms with van der Waals surface area (Å²) in [7, 11) is 0. The molecule has 2 aromatic heterocycles. The van der Waals surface area contributed by atoms with Crippen molar-refractivity contribution in [1.29, 1.82) is 0 Å². The Morgan fingerprint density at radius 3 is 2.60 bits per heavy atom. The lowest BCUT2D eigenvalue weighted by Crippen LogP contribution is -2.26. The van der Waals surface area contributed by atoms with E-state index in [1.165, 1.54) is 6.07 Å². The third-order valence-electron chi connectivity index (χ3n) is 6.33. The summed E-state index contributed by atoms with van der Waals surface area (Å²) in [6.07, 6.45) is 5.26. The van der Waals surface area contributed by atoms with E-state index in [4.69, 9.17) is 15.1 Å². The Kier molecular flexibility index (Phi) is 6.88. The molecule has 0 bridgehead atoms. The van der Waals surface area contributed by atoms with E-state index in [-0.39, 0.29) is 17.4 Å². The van der Waals surface area contributed by atoms with E-state index in [1.807, 2.05) is 47.8 Å². The highest BCUT2D eigenvalue weighted by atomic mass is 19.3. The van der Waals surface area contributed by atoms with Gasteiger partial charge in [-0.1, -0.05) is 50.3 Å². The molecule has 0 fully saturated rings. The Balaban J connectivity index is 1.77. The zero-order valence-electron chi connectivity index (χ0n) is 21.1. The maximum atomic E-state index is 14.4. The molecule has 0 spiro atoms. The summed E-state index contributed by atoms with van der Waals surface area (Å²) in [4.78, 5) is 11.7. The lowest BCUT2D eigenvalue weighted by molar-refractivity contribution is 0.0161. The van der Waals surface area contributed by atoms with Gasteiger partial charge in [-0.25, -0.2) is 23.4 Å². The fraction of sp³-hybridized carbons (Fsp3) is 0.393. The number of pyridine rings is 1. The highest BCUT2D eigenvalue weighted by molar-refractivity contribution is 5.61. The van der Waals surface area contributed by atoms with Gasteiger partial charge in [0.15, 0.2) is 5.82 Å². The molecule has 0 saturated heterocycles. The van der Waals surface area contributed by atoms with Crippen LogP contribution in [0.2, 0.25) is 0 Å². The van der Waals surface area contributed by atoms with E-state index in [9.17, 15) is 8.78 Å². The Morgan fingerprint density at radius 2 is 1.94 bits per heavy atom. The molecule has 0 radical (unpaired) electrons. The van der Waals surface area contributed by atoms with Crippen molar-refractivity contribution >= 4 is 5.69 Å². The van der Waals surface area contributed by atoms with Crippen molar-refractivity contribution in [2.24, 2.45) is 5.92 Å². The van der Waals surface area contributed by atoms with Gasteiger partial charge in [0, 0.05) is 37.3 Å². The summed E-state index contributed by atoms with van der Waals surface area (Å²) in [5.74, 6) is -1.65. The first-order chi connectivity index (χ1) is 16.6. The third-order valence-corrected chi connectivity index (χ3v) is 6.33. The summed E-state index contributed by atoms with van der Waals surface area (Å²) in [6.45, 7) is 13.8. The number of benzene rings is 1. The van der Waals surface area contributed by atoms with Crippen LogP contribution in [0, 0.1) is 5.92 Å². The Bertz CT molecular complexity index is 1250. The van der Waals surface area contributed by atoms with E-state index in [0.29, 0.717) is 23.6 Å². The molecular formula is C28H33F2N5. The first kappa shape index (κ1) is 24.8. The lowest BCUT2D eigenvalue weighted by Gasteiger charge is -2.29. The van der Waals surface area contributed by atoms with Crippen LogP contribution in [0.15, 0.2) is 61.0 Å². The van der Waals surface area contributed by atoms with Crippen molar-refractivity contribution in [3.63, 3.8) is 0 Å². The summed E-state index contributed by atoms with van der Waals surface area (Å²) in [6, 6.07) is 10.7. The van der Waals surface area contributed by atoms with Crippen molar-refractivity contribution in [3.8, 4) is 11.5 Å². The second-order valence-electron chi connectivity index (χ2n) is 9.66. The first-order valence-electron chi connectivity index (χ1n) is 12.1. The van der Waals surface area contributed by atoms with Gasteiger partial charge in [0.2, 0.25) is 0 Å². The molecule has 3 aromatic rings. The van der Waals surface area contributed by atoms with Gasteiger partial charge >= 0.3 is 0 Å². The molecule has 5 nitrogen and oxygen atoms in total. The molecule has 0 N–H and O–H groups in total. The van der Waals surface area contributed by atoms with Crippen LogP contribution in [0.4, 0.5) is 14.5 Å². The van der Waals surface area contributed by atoms with Crippen LogP contribution in [0.1, 0.15) is 69.6 Å². The predicted molar refractivity (Wildman–Crippen MR) is 136 cm³/mol. The number of anilines is 1. The second kappa shape index (κ2) is 9.72. The third kappa shape index (κ3) is 5.04. The number of alkyl halides is 2. The normalized spacial score (nSPS) is 17.6. The smallest absolute Gasteiger partial charge is 0.270 e. The van der Waals surface area contributed by atoms with Crippen molar-refractivity contribution in [1.82, 2.24) is 19.7 Å². The SMILES string of the molecule is C=CN(C=C(C)C)c1ccc(-c2nc3n(n2)C[C@H](C)C[C@@H]3c2ccccc2C(C)(F)F)nc1CC. The summed E-state index contributed by atoms with van der Waals surface area (Å²) in [5.41, 5.74) is 4.37. The molecule has 0 aliphatic carbocycles. The average Bonchev–Trinajstić information content (AvgIpc) is 3.25. The number of fused-ring (bicyclic) bond motifs is 1. The number of hydrogen-bond donors (Lipinski definition) is 0. The van der Waals surface area contributed by atoms with E-state index in [1.54, 1.807) is 18.3 Å². The number of nitrogens with zero attached hydrogens (tertiary/aromatic N) is 5. The number of rotatable bonds is 7. The highest BCUT2D eigenvalue weighted by Crippen LogP contribution is 2.41. The van der Waals surface area contributed by atoms with Crippen molar-refractivity contribution in [2.75, 3.05) is 4.90 Å². The molecule has 35 heavy (non-hydrogen) atoms. The zero-order valence-corrected chi connectivity index (χ0v) is 21.1. The number of halogens is 2. The van der Waals surface area contributed by atoms with Crippen LogP contribution in [0.3, 0.4) is 0 Å². The number of aromatic nitrogens is 4. The molecule has 0 saturated carbocycles. The fourth-order valence-electron chi connectivity index (χ4n) is 4.81. The number of aryl methyl sites for hydroxylation is 1. The van der Waals surface area contributed by atoms with Gasteiger partial charge in [-0.3, -0.25) is 0 Å². The minimum atomic E-state index is -2.93. The van der Waals surface area contributed by atoms with Gasteiger partial charge < -0.3 is 4.90 Å².